The van der Waals surface area contributed by atoms with Gasteiger partial charge in [0.15, 0.2) is 0 Å². The van der Waals surface area contributed by atoms with E-state index in [2.05, 4.69) is 45.9 Å². The molecule has 1 aliphatic heterocycles. The first-order valence-corrected chi connectivity index (χ1v) is 9.54. The Kier molecular flexibility index (Phi) is 6.01. The van der Waals surface area contributed by atoms with Gasteiger partial charge in [-0.15, -0.1) is 0 Å². The minimum atomic E-state index is -0.275. The molecule has 0 aromatic heterocycles. The summed E-state index contributed by atoms with van der Waals surface area (Å²) in [6, 6.07) is 16.0. The Morgan fingerprint density at radius 2 is 1.96 bits per heavy atom. The molecule has 0 fully saturated rings. The zero-order valence-electron chi connectivity index (χ0n) is 16.3. The van der Waals surface area contributed by atoms with Gasteiger partial charge in [0.1, 0.15) is 6.04 Å². The summed E-state index contributed by atoms with van der Waals surface area (Å²) in [5, 5.41) is 16.1. The first kappa shape index (κ1) is 19.2. The minimum absolute atomic E-state index is 0.0279. The molecule has 1 unspecified atom stereocenters. The van der Waals surface area contributed by atoms with Gasteiger partial charge >= 0.3 is 0 Å². The van der Waals surface area contributed by atoms with Gasteiger partial charge in [-0.25, -0.2) is 0 Å². The highest BCUT2D eigenvalue weighted by Gasteiger charge is 2.32. The number of aliphatic hydroxyl groups is 1. The van der Waals surface area contributed by atoms with E-state index in [1.54, 1.807) is 0 Å². The van der Waals surface area contributed by atoms with Crippen LogP contribution in [-0.2, 0) is 17.8 Å². The van der Waals surface area contributed by atoms with E-state index in [1.807, 2.05) is 39.1 Å². The van der Waals surface area contributed by atoms with Gasteiger partial charge in [0.2, 0.25) is 5.91 Å². The molecule has 1 aliphatic rings. The molecule has 0 spiro atoms. The van der Waals surface area contributed by atoms with E-state index in [1.165, 1.54) is 5.56 Å². The summed E-state index contributed by atoms with van der Waals surface area (Å²) in [7, 11) is 1.98. The number of amides is 1. The van der Waals surface area contributed by atoms with Crippen molar-refractivity contribution in [2.45, 2.75) is 38.9 Å². The molecule has 0 bridgehead atoms. The van der Waals surface area contributed by atoms with Gasteiger partial charge < -0.3 is 20.6 Å². The molecule has 5 heteroatoms. The topological polar surface area (TPSA) is 64.6 Å². The zero-order valence-corrected chi connectivity index (χ0v) is 16.3. The number of hydrogen-bond acceptors (Lipinski definition) is 4. The number of anilines is 2. The van der Waals surface area contributed by atoms with E-state index in [4.69, 9.17) is 0 Å². The van der Waals surface area contributed by atoms with Gasteiger partial charge in [-0.1, -0.05) is 50.2 Å². The van der Waals surface area contributed by atoms with Gasteiger partial charge in [0.05, 0.1) is 12.6 Å². The van der Waals surface area contributed by atoms with Crippen LogP contribution in [0.3, 0.4) is 0 Å². The lowest BCUT2D eigenvalue weighted by Crippen LogP contribution is -2.54. The van der Waals surface area contributed by atoms with Crippen molar-refractivity contribution in [1.82, 2.24) is 5.32 Å². The quantitative estimate of drug-likeness (QED) is 0.760. The number of benzene rings is 2. The van der Waals surface area contributed by atoms with Gasteiger partial charge in [-0.3, -0.25) is 4.79 Å². The summed E-state index contributed by atoms with van der Waals surface area (Å²) in [4.78, 5) is 14.8. The summed E-state index contributed by atoms with van der Waals surface area (Å²) in [5.41, 5.74) is 4.42. The van der Waals surface area contributed by atoms with Crippen LogP contribution in [0.2, 0.25) is 0 Å². The summed E-state index contributed by atoms with van der Waals surface area (Å²) < 4.78 is 0. The molecule has 2 aromatic rings. The van der Waals surface area contributed by atoms with Crippen LogP contribution in [0.25, 0.3) is 0 Å². The van der Waals surface area contributed by atoms with Gasteiger partial charge in [-0.2, -0.15) is 0 Å². The van der Waals surface area contributed by atoms with Crippen molar-refractivity contribution >= 4 is 17.3 Å². The highest BCUT2D eigenvalue weighted by molar-refractivity contribution is 5.87. The number of hydrogen-bond donors (Lipinski definition) is 3. The molecule has 2 atom stereocenters. The van der Waals surface area contributed by atoms with Crippen LogP contribution in [0.15, 0.2) is 48.5 Å². The Morgan fingerprint density at radius 3 is 2.63 bits per heavy atom. The Morgan fingerprint density at radius 1 is 1.22 bits per heavy atom. The SMILES string of the molecule is CC(C)C1C(=O)N[C@H](CO)Cc2ccc(NCc3ccccc3)cc2N1C. The molecular formula is C22H29N3O2. The minimum Gasteiger partial charge on any atom is -0.394 e. The number of likely N-dealkylation sites (N-methyl/N-ethyl adjacent to an activating group) is 1. The summed E-state index contributed by atoms with van der Waals surface area (Å²) in [5.74, 6) is 0.126. The number of nitrogens with zero attached hydrogens (tertiary/aromatic N) is 1. The van der Waals surface area contributed by atoms with E-state index in [0.29, 0.717) is 6.42 Å². The largest absolute Gasteiger partial charge is 0.394 e. The molecule has 0 saturated heterocycles. The molecule has 3 N–H and O–H groups in total. The monoisotopic (exact) mass is 367 g/mol. The van der Waals surface area contributed by atoms with Crippen LogP contribution < -0.4 is 15.5 Å². The molecule has 0 saturated carbocycles. The maximum absolute atomic E-state index is 12.7. The second-order valence-electron chi connectivity index (χ2n) is 7.57. The van der Waals surface area contributed by atoms with Crippen LogP contribution in [0.1, 0.15) is 25.0 Å². The number of fused-ring (bicyclic) bond motifs is 1. The Bertz CT molecular complexity index is 776. The Labute approximate surface area is 161 Å². The molecule has 1 heterocycles. The van der Waals surface area contributed by atoms with Crippen LogP contribution >= 0.6 is 0 Å². The van der Waals surface area contributed by atoms with Crippen molar-refractivity contribution in [3.05, 3.63) is 59.7 Å². The highest BCUT2D eigenvalue weighted by atomic mass is 16.3. The van der Waals surface area contributed by atoms with Crippen molar-refractivity contribution in [2.75, 3.05) is 23.9 Å². The fourth-order valence-electron chi connectivity index (χ4n) is 3.76. The molecule has 27 heavy (non-hydrogen) atoms. The molecule has 0 radical (unpaired) electrons. The van der Waals surface area contributed by atoms with E-state index in [0.717, 1.165) is 23.5 Å². The maximum atomic E-state index is 12.7. The second-order valence-corrected chi connectivity index (χ2v) is 7.57. The highest BCUT2D eigenvalue weighted by Crippen LogP contribution is 2.30. The van der Waals surface area contributed by atoms with Gasteiger partial charge in [0.25, 0.3) is 0 Å². The first-order valence-electron chi connectivity index (χ1n) is 9.54. The van der Waals surface area contributed by atoms with E-state index in [9.17, 15) is 9.90 Å². The number of aliphatic hydroxyl groups excluding tert-OH is 1. The normalized spacial score (nSPS) is 19.9. The molecule has 3 rings (SSSR count). The lowest BCUT2D eigenvalue weighted by Gasteiger charge is -2.37. The van der Waals surface area contributed by atoms with E-state index >= 15 is 0 Å². The average molecular weight is 367 g/mol. The molecule has 1 amide bonds. The molecule has 5 nitrogen and oxygen atoms in total. The van der Waals surface area contributed by atoms with Crippen LogP contribution in [-0.4, -0.2) is 36.8 Å². The number of nitrogens with one attached hydrogen (secondary N) is 2. The number of rotatable bonds is 5. The maximum Gasteiger partial charge on any atom is 0.243 e. The molecular weight excluding hydrogens is 338 g/mol. The van der Waals surface area contributed by atoms with E-state index in [-0.39, 0.29) is 30.5 Å². The third kappa shape index (κ3) is 4.42. The van der Waals surface area contributed by atoms with Gasteiger partial charge in [0, 0.05) is 25.0 Å². The Hall–Kier alpha value is -2.53. The number of carbonyl (C=O) groups is 1. The van der Waals surface area contributed by atoms with Crippen LogP contribution in [0, 0.1) is 5.92 Å². The van der Waals surface area contributed by atoms with E-state index < -0.39 is 0 Å². The van der Waals surface area contributed by atoms with Crippen LogP contribution in [0.5, 0.6) is 0 Å². The third-order valence-electron chi connectivity index (χ3n) is 5.16. The third-order valence-corrected chi connectivity index (χ3v) is 5.16. The predicted molar refractivity (Wildman–Crippen MR) is 110 cm³/mol. The zero-order chi connectivity index (χ0) is 19.4. The summed E-state index contributed by atoms with van der Waals surface area (Å²) >= 11 is 0. The fourth-order valence-corrected chi connectivity index (χ4v) is 3.76. The van der Waals surface area contributed by atoms with Gasteiger partial charge in [-0.05, 0) is 35.6 Å². The standard InChI is InChI=1S/C22H29N3O2/c1-15(2)21-22(27)24-19(14-26)11-17-9-10-18(12-20(17)25(21)3)23-13-16-7-5-4-6-8-16/h4-10,12,15,19,21,23,26H,11,13-14H2,1-3H3,(H,24,27)/t19-,21?/m0/s1. The molecule has 2 aromatic carbocycles. The van der Waals surface area contributed by atoms with Crippen molar-refractivity contribution in [1.29, 1.82) is 0 Å². The van der Waals surface area contributed by atoms with Crippen LogP contribution in [0.4, 0.5) is 11.4 Å². The Balaban J connectivity index is 1.89. The van der Waals surface area contributed by atoms with Crippen molar-refractivity contribution < 1.29 is 9.90 Å². The predicted octanol–water partition coefficient (Wildman–Crippen LogP) is 2.79. The average Bonchev–Trinajstić information content (AvgIpc) is 2.66. The summed E-state index contributed by atoms with van der Waals surface area (Å²) in [6.45, 7) is 4.78. The first-order chi connectivity index (χ1) is 13.0. The summed E-state index contributed by atoms with van der Waals surface area (Å²) in [6.07, 6.45) is 0.617. The lowest BCUT2D eigenvalue weighted by molar-refractivity contribution is -0.124. The van der Waals surface area contributed by atoms with Crippen molar-refractivity contribution in [3.8, 4) is 0 Å². The van der Waals surface area contributed by atoms with Crippen molar-refractivity contribution in [3.63, 3.8) is 0 Å². The smallest absolute Gasteiger partial charge is 0.243 e. The molecule has 0 aliphatic carbocycles. The lowest BCUT2D eigenvalue weighted by atomic mass is 9.95. The molecule has 144 valence electrons. The second kappa shape index (κ2) is 8.44. The number of carbonyl (C=O) groups excluding carboxylic acids is 1. The van der Waals surface area contributed by atoms with Crippen molar-refractivity contribution in [2.24, 2.45) is 5.92 Å². The fraction of sp³-hybridized carbons (Fsp3) is 0.409.